The number of alkyl halides is 3. The maximum Gasteiger partial charge on any atom is 0.416 e. The summed E-state index contributed by atoms with van der Waals surface area (Å²) in [6.07, 6.45) is -0.0931. The van der Waals surface area contributed by atoms with E-state index >= 15 is 0 Å². The van der Waals surface area contributed by atoms with Crippen LogP contribution >= 0.6 is 0 Å². The molecule has 6 nitrogen and oxygen atoms in total. The van der Waals surface area contributed by atoms with Crippen molar-refractivity contribution < 1.29 is 23.1 Å². The highest BCUT2D eigenvalue weighted by Gasteiger charge is 2.30. The summed E-state index contributed by atoms with van der Waals surface area (Å²) in [5.74, 6) is -0.162. The molecule has 0 aliphatic carbocycles. The molecule has 0 unspecified atom stereocenters. The maximum absolute atomic E-state index is 12.8. The van der Waals surface area contributed by atoms with Crippen LogP contribution in [0.3, 0.4) is 0 Å². The fraction of sp³-hybridized carbons (Fsp3) is 0.211. The van der Waals surface area contributed by atoms with Crippen LogP contribution in [0.1, 0.15) is 32.7 Å². The minimum absolute atomic E-state index is 0.179. The van der Waals surface area contributed by atoms with Gasteiger partial charge in [0.05, 0.1) is 29.8 Å². The fourth-order valence-corrected chi connectivity index (χ4v) is 2.65. The van der Waals surface area contributed by atoms with E-state index in [-0.39, 0.29) is 19.0 Å². The third-order valence-corrected chi connectivity index (χ3v) is 4.09. The highest BCUT2D eigenvalue weighted by Crippen LogP contribution is 2.29. The first-order valence-electron chi connectivity index (χ1n) is 8.32. The zero-order valence-corrected chi connectivity index (χ0v) is 14.9. The summed E-state index contributed by atoms with van der Waals surface area (Å²) in [5.41, 5.74) is 1.23. The predicted octanol–water partition coefficient (Wildman–Crippen LogP) is 3.40. The monoisotopic (exact) mass is 390 g/mol. The van der Waals surface area contributed by atoms with E-state index in [9.17, 15) is 18.0 Å². The summed E-state index contributed by atoms with van der Waals surface area (Å²) in [7, 11) is 0. The second-order valence-electron chi connectivity index (χ2n) is 6.23. The molecule has 1 aromatic carbocycles. The first kappa shape index (κ1) is 19.6. The van der Waals surface area contributed by atoms with Gasteiger partial charge >= 0.3 is 6.18 Å². The summed E-state index contributed by atoms with van der Waals surface area (Å²) in [5, 5.41) is 11.7. The SMILES string of the molecule is Cc1cc(C(=O)Nc2cn(Cc3cccc(C(F)(F)F)c3)cn2)cnc1CO. The van der Waals surface area contributed by atoms with E-state index < -0.39 is 17.6 Å². The topological polar surface area (TPSA) is 80.0 Å². The number of nitrogens with one attached hydrogen (secondary N) is 1. The lowest BCUT2D eigenvalue weighted by Crippen LogP contribution is -2.13. The number of pyridine rings is 1. The Morgan fingerprint density at radius 2 is 2.04 bits per heavy atom. The van der Waals surface area contributed by atoms with Crippen molar-refractivity contribution in [2.75, 3.05) is 5.32 Å². The van der Waals surface area contributed by atoms with Gasteiger partial charge in [-0.05, 0) is 36.2 Å². The van der Waals surface area contributed by atoms with Crippen LogP contribution in [0.4, 0.5) is 19.0 Å². The highest BCUT2D eigenvalue weighted by molar-refractivity contribution is 6.03. The van der Waals surface area contributed by atoms with Gasteiger partial charge in [-0.25, -0.2) is 4.98 Å². The van der Waals surface area contributed by atoms with Crippen LogP contribution in [0.2, 0.25) is 0 Å². The van der Waals surface area contributed by atoms with Crippen LogP contribution in [0, 0.1) is 6.92 Å². The van der Waals surface area contributed by atoms with Crippen LogP contribution in [-0.4, -0.2) is 25.5 Å². The van der Waals surface area contributed by atoms with Crippen LogP contribution in [-0.2, 0) is 19.3 Å². The number of aliphatic hydroxyl groups excluding tert-OH is 1. The van der Waals surface area contributed by atoms with E-state index in [1.54, 1.807) is 23.6 Å². The van der Waals surface area contributed by atoms with Gasteiger partial charge in [0.25, 0.3) is 5.91 Å². The third-order valence-electron chi connectivity index (χ3n) is 4.09. The quantitative estimate of drug-likeness (QED) is 0.700. The van der Waals surface area contributed by atoms with Gasteiger partial charge in [0.15, 0.2) is 5.82 Å². The summed E-state index contributed by atoms with van der Waals surface area (Å²) in [6.45, 7) is 1.70. The van der Waals surface area contributed by atoms with Gasteiger partial charge < -0.3 is 15.0 Å². The van der Waals surface area contributed by atoms with E-state index in [0.29, 0.717) is 22.4 Å². The molecule has 0 atom stereocenters. The average molecular weight is 390 g/mol. The van der Waals surface area contributed by atoms with E-state index in [1.807, 2.05) is 0 Å². The molecule has 0 aliphatic rings. The van der Waals surface area contributed by atoms with Gasteiger partial charge in [-0.3, -0.25) is 9.78 Å². The Morgan fingerprint density at radius 1 is 1.25 bits per heavy atom. The first-order chi connectivity index (χ1) is 13.3. The number of benzene rings is 1. The van der Waals surface area contributed by atoms with Gasteiger partial charge in [0.2, 0.25) is 0 Å². The molecule has 3 rings (SSSR count). The Hall–Kier alpha value is -3.20. The number of carbonyl (C=O) groups is 1. The standard InChI is InChI=1S/C19H17F3N4O2/c1-12-5-14(7-23-16(12)10-27)18(28)25-17-9-26(11-24-17)8-13-3-2-4-15(6-13)19(20,21)22/h2-7,9,11,27H,8,10H2,1H3,(H,25,28). The first-order valence-corrected chi connectivity index (χ1v) is 8.32. The molecular formula is C19H17F3N4O2. The van der Waals surface area contributed by atoms with Crippen molar-refractivity contribution in [2.24, 2.45) is 0 Å². The highest BCUT2D eigenvalue weighted by atomic mass is 19.4. The molecule has 0 saturated heterocycles. The van der Waals surface area contributed by atoms with Crippen LogP contribution in [0.25, 0.3) is 0 Å². The van der Waals surface area contributed by atoms with E-state index in [0.717, 1.165) is 12.1 Å². The zero-order chi connectivity index (χ0) is 20.3. The van der Waals surface area contributed by atoms with Gasteiger partial charge in [-0.1, -0.05) is 12.1 Å². The number of aryl methyl sites for hydroxylation is 1. The molecule has 2 heterocycles. The molecule has 2 aromatic heterocycles. The summed E-state index contributed by atoms with van der Waals surface area (Å²) < 4.78 is 40.0. The van der Waals surface area contributed by atoms with Gasteiger partial charge in [0, 0.05) is 18.9 Å². The van der Waals surface area contributed by atoms with Crippen molar-refractivity contribution in [1.82, 2.24) is 14.5 Å². The van der Waals surface area contributed by atoms with E-state index in [1.165, 1.54) is 24.8 Å². The number of anilines is 1. The fourth-order valence-electron chi connectivity index (χ4n) is 2.65. The number of hydrogen-bond acceptors (Lipinski definition) is 4. The molecule has 146 valence electrons. The van der Waals surface area contributed by atoms with Crippen molar-refractivity contribution in [3.8, 4) is 0 Å². The molecule has 2 N–H and O–H groups in total. The number of amides is 1. The van der Waals surface area contributed by atoms with Crippen LogP contribution < -0.4 is 5.32 Å². The number of carbonyl (C=O) groups excluding carboxylic acids is 1. The van der Waals surface area contributed by atoms with Crippen molar-refractivity contribution >= 4 is 11.7 Å². The number of aromatic nitrogens is 3. The van der Waals surface area contributed by atoms with Crippen molar-refractivity contribution in [1.29, 1.82) is 0 Å². The molecule has 9 heteroatoms. The molecule has 1 amide bonds. The number of imidazole rings is 1. The van der Waals surface area contributed by atoms with Crippen LogP contribution in [0.5, 0.6) is 0 Å². The smallest absolute Gasteiger partial charge is 0.390 e. The molecule has 28 heavy (non-hydrogen) atoms. The lowest BCUT2D eigenvalue weighted by molar-refractivity contribution is -0.137. The lowest BCUT2D eigenvalue weighted by Gasteiger charge is -2.09. The normalized spacial score (nSPS) is 11.5. The molecule has 0 aliphatic heterocycles. The van der Waals surface area contributed by atoms with Crippen molar-refractivity contribution in [3.63, 3.8) is 0 Å². The predicted molar refractivity (Wildman–Crippen MR) is 95.6 cm³/mol. The Morgan fingerprint density at radius 3 is 2.71 bits per heavy atom. The van der Waals surface area contributed by atoms with Crippen molar-refractivity contribution in [2.45, 2.75) is 26.3 Å². The lowest BCUT2D eigenvalue weighted by atomic mass is 10.1. The summed E-state index contributed by atoms with van der Waals surface area (Å²) >= 11 is 0. The van der Waals surface area contributed by atoms with Gasteiger partial charge in [0.1, 0.15) is 0 Å². The number of nitrogens with zero attached hydrogens (tertiary/aromatic N) is 3. The number of halogens is 3. The molecule has 3 aromatic rings. The Labute approximate surface area is 158 Å². The third kappa shape index (κ3) is 4.55. The van der Waals surface area contributed by atoms with Crippen LogP contribution in [0.15, 0.2) is 49.1 Å². The molecule has 0 spiro atoms. The summed E-state index contributed by atoms with van der Waals surface area (Å²) in [6, 6.07) is 6.64. The molecule has 0 bridgehead atoms. The second-order valence-corrected chi connectivity index (χ2v) is 6.23. The molecular weight excluding hydrogens is 373 g/mol. The number of hydrogen-bond donors (Lipinski definition) is 2. The minimum atomic E-state index is -4.40. The van der Waals surface area contributed by atoms with E-state index in [4.69, 9.17) is 5.11 Å². The minimum Gasteiger partial charge on any atom is -0.390 e. The molecule has 0 saturated carbocycles. The number of aliphatic hydroxyl groups is 1. The van der Waals surface area contributed by atoms with Gasteiger partial charge in [-0.2, -0.15) is 13.2 Å². The Balaban J connectivity index is 1.69. The average Bonchev–Trinajstić information content (AvgIpc) is 3.08. The summed E-state index contributed by atoms with van der Waals surface area (Å²) in [4.78, 5) is 20.4. The van der Waals surface area contributed by atoms with E-state index in [2.05, 4.69) is 15.3 Å². The molecule has 0 fully saturated rings. The number of rotatable bonds is 5. The largest absolute Gasteiger partial charge is 0.416 e. The van der Waals surface area contributed by atoms with Crippen molar-refractivity contribution in [3.05, 3.63) is 77.0 Å². The Kier molecular flexibility index (Phi) is 5.46. The second kappa shape index (κ2) is 7.81. The maximum atomic E-state index is 12.8. The zero-order valence-electron chi connectivity index (χ0n) is 14.9. The van der Waals surface area contributed by atoms with Gasteiger partial charge in [-0.15, -0.1) is 0 Å². The Bertz CT molecular complexity index is 999. The molecule has 0 radical (unpaired) electrons.